The number of aldehydes is 1. The van der Waals surface area contributed by atoms with Crippen LogP contribution in [0.2, 0.25) is 0 Å². The number of carbonyl (C=O) groups is 1. The van der Waals surface area contributed by atoms with Gasteiger partial charge in [-0.05, 0) is 22.0 Å². The zero-order valence-corrected chi connectivity index (χ0v) is 6.56. The molecule has 0 saturated carbocycles. The lowest BCUT2D eigenvalue weighted by molar-refractivity contribution is 0.112. The lowest BCUT2D eigenvalue weighted by atomic mass is 10.2. The van der Waals surface area contributed by atoms with Crippen LogP contribution in [0.4, 0.5) is 4.39 Å². The molecule has 3 heteroatoms. The molecule has 0 saturated heterocycles. The van der Waals surface area contributed by atoms with Crippen LogP contribution >= 0.6 is 15.9 Å². The smallest absolute Gasteiger partial charge is 0.151 e. The third-order valence-electron chi connectivity index (χ3n) is 1.11. The summed E-state index contributed by atoms with van der Waals surface area (Å²) < 4.78 is 12.8. The van der Waals surface area contributed by atoms with E-state index < -0.39 is 5.82 Å². The molecule has 0 heterocycles. The van der Waals surface area contributed by atoms with Crippen molar-refractivity contribution in [3.05, 3.63) is 34.1 Å². The van der Waals surface area contributed by atoms with Crippen molar-refractivity contribution in [1.82, 2.24) is 0 Å². The van der Waals surface area contributed by atoms with Crippen molar-refractivity contribution in [2.45, 2.75) is 0 Å². The lowest BCUT2D eigenvalue weighted by Gasteiger charge is -1.94. The molecule has 0 unspecified atom stereocenters. The predicted molar refractivity (Wildman–Crippen MR) is 39.5 cm³/mol. The van der Waals surface area contributed by atoms with Crippen molar-refractivity contribution in [2.75, 3.05) is 0 Å². The fourth-order valence-corrected chi connectivity index (χ4v) is 0.969. The van der Waals surface area contributed by atoms with Gasteiger partial charge in [0.1, 0.15) is 5.82 Å². The average molecular weight is 203 g/mol. The van der Waals surface area contributed by atoms with Gasteiger partial charge in [-0.15, -0.1) is 0 Å². The van der Waals surface area contributed by atoms with E-state index >= 15 is 0 Å². The predicted octanol–water partition coefficient (Wildman–Crippen LogP) is 2.40. The second-order valence-corrected chi connectivity index (χ2v) is 2.55. The zero-order chi connectivity index (χ0) is 7.56. The van der Waals surface area contributed by atoms with Crippen LogP contribution in [0.1, 0.15) is 10.4 Å². The third-order valence-corrected chi connectivity index (χ3v) is 1.95. The van der Waals surface area contributed by atoms with E-state index in [4.69, 9.17) is 0 Å². The number of halogens is 2. The van der Waals surface area contributed by atoms with Gasteiger partial charge in [0, 0.05) is 5.56 Å². The molecule has 0 N–H and O–H groups in total. The molecule has 0 fully saturated rings. The quantitative estimate of drug-likeness (QED) is 0.640. The lowest BCUT2D eigenvalue weighted by Crippen LogP contribution is -1.84. The van der Waals surface area contributed by atoms with E-state index in [0.717, 1.165) is 0 Å². The second kappa shape index (κ2) is 2.92. The van der Waals surface area contributed by atoms with Crippen LogP contribution in [-0.4, -0.2) is 6.29 Å². The van der Waals surface area contributed by atoms with Crippen LogP contribution in [0.3, 0.4) is 0 Å². The summed E-state index contributed by atoms with van der Waals surface area (Å²) >= 11 is 2.93. The van der Waals surface area contributed by atoms with Gasteiger partial charge in [0.25, 0.3) is 0 Å². The Morgan fingerprint density at radius 2 is 2.20 bits per heavy atom. The molecule has 0 radical (unpaired) electrons. The summed E-state index contributed by atoms with van der Waals surface area (Å²) in [5, 5.41) is 0. The molecule has 0 bridgehead atoms. The minimum Gasteiger partial charge on any atom is -0.298 e. The summed E-state index contributed by atoms with van der Waals surface area (Å²) in [5.74, 6) is -0.412. The van der Waals surface area contributed by atoms with Gasteiger partial charge < -0.3 is 0 Å². The fraction of sp³-hybridized carbons (Fsp3) is 0. The van der Waals surface area contributed by atoms with Crippen molar-refractivity contribution >= 4 is 22.2 Å². The average Bonchev–Trinajstić information content (AvgIpc) is 1.95. The monoisotopic (exact) mass is 202 g/mol. The van der Waals surface area contributed by atoms with Crippen LogP contribution < -0.4 is 0 Å². The fourth-order valence-electron chi connectivity index (χ4n) is 0.611. The first kappa shape index (κ1) is 7.41. The Morgan fingerprint density at radius 1 is 1.50 bits per heavy atom. The first-order chi connectivity index (χ1) is 4.75. The summed E-state index contributed by atoms with van der Waals surface area (Å²) in [4.78, 5) is 10.2. The largest absolute Gasteiger partial charge is 0.298 e. The van der Waals surface area contributed by atoms with Crippen LogP contribution in [0.15, 0.2) is 22.7 Å². The molecular formula is C7H4BrFO. The number of carbonyl (C=O) groups excluding carboxylic acids is 1. The van der Waals surface area contributed by atoms with Gasteiger partial charge in [-0.2, -0.15) is 0 Å². The van der Waals surface area contributed by atoms with Crippen LogP contribution in [0.5, 0.6) is 0 Å². The van der Waals surface area contributed by atoms with Gasteiger partial charge >= 0.3 is 0 Å². The van der Waals surface area contributed by atoms with Crippen molar-refractivity contribution in [3.8, 4) is 0 Å². The number of rotatable bonds is 1. The number of benzene rings is 1. The van der Waals surface area contributed by atoms with E-state index in [0.29, 0.717) is 11.8 Å². The highest BCUT2D eigenvalue weighted by Gasteiger charge is 2.01. The van der Waals surface area contributed by atoms with E-state index in [1.54, 1.807) is 6.07 Å². The molecule has 1 nitrogen and oxygen atoms in total. The Morgan fingerprint density at radius 3 is 2.70 bits per heavy atom. The molecule has 1 aromatic carbocycles. The zero-order valence-electron chi connectivity index (χ0n) is 4.97. The van der Waals surface area contributed by atoms with Gasteiger partial charge in [0.2, 0.25) is 0 Å². The van der Waals surface area contributed by atoms with Gasteiger partial charge in [-0.3, -0.25) is 4.79 Å². The summed E-state index contributed by atoms with van der Waals surface area (Å²) in [7, 11) is 0. The minimum atomic E-state index is -0.412. The third kappa shape index (κ3) is 1.24. The first-order valence-corrected chi connectivity index (χ1v) is 3.44. The minimum absolute atomic E-state index is 0.227. The van der Waals surface area contributed by atoms with E-state index in [-0.39, 0.29) is 4.47 Å². The Balaban J connectivity index is 3.27. The summed E-state index contributed by atoms with van der Waals surface area (Å²) in [6.45, 7) is 0. The second-order valence-electron chi connectivity index (χ2n) is 1.76. The van der Waals surface area contributed by atoms with Crippen molar-refractivity contribution in [2.24, 2.45) is 0 Å². The van der Waals surface area contributed by atoms with E-state index in [1.165, 1.54) is 12.1 Å². The SMILES string of the molecule is O=Cc1cccc(F)c1Br. The van der Waals surface area contributed by atoms with Crippen molar-refractivity contribution in [1.29, 1.82) is 0 Å². The van der Waals surface area contributed by atoms with Crippen molar-refractivity contribution in [3.63, 3.8) is 0 Å². The maximum absolute atomic E-state index is 12.6. The van der Waals surface area contributed by atoms with Gasteiger partial charge in [0.15, 0.2) is 6.29 Å². The summed E-state index contributed by atoms with van der Waals surface area (Å²) in [6.07, 6.45) is 0.604. The molecule has 0 atom stereocenters. The van der Waals surface area contributed by atoms with E-state index in [9.17, 15) is 9.18 Å². The number of hydrogen-bond donors (Lipinski definition) is 0. The Bertz CT molecular complexity index is 260. The highest BCUT2D eigenvalue weighted by atomic mass is 79.9. The highest BCUT2D eigenvalue weighted by Crippen LogP contribution is 2.18. The number of hydrogen-bond acceptors (Lipinski definition) is 1. The molecular weight excluding hydrogens is 199 g/mol. The Hall–Kier alpha value is -0.700. The Labute approximate surface area is 66.0 Å². The maximum atomic E-state index is 12.6. The van der Waals surface area contributed by atoms with Gasteiger partial charge in [0.05, 0.1) is 4.47 Å². The molecule has 52 valence electrons. The first-order valence-electron chi connectivity index (χ1n) is 2.65. The molecule has 0 spiro atoms. The van der Waals surface area contributed by atoms with Gasteiger partial charge in [-0.25, -0.2) is 4.39 Å². The normalized spacial score (nSPS) is 9.40. The molecule has 0 aliphatic heterocycles. The van der Waals surface area contributed by atoms with Crippen LogP contribution in [-0.2, 0) is 0 Å². The van der Waals surface area contributed by atoms with Crippen LogP contribution in [0, 0.1) is 5.82 Å². The van der Waals surface area contributed by atoms with Crippen LogP contribution in [0.25, 0.3) is 0 Å². The van der Waals surface area contributed by atoms with E-state index in [1.807, 2.05) is 0 Å². The molecule has 1 aromatic rings. The molecule has 0 aromatic heterocycles. The molecule has 10 heavy (non-hydrogen) atoms. The summed E-state index contributed by atoms with van der Waals surface area (Å²) in [6, 6.07) is 4.32. The molecule has 1 rings (SSSR count). The topological polar surface area (TPSA) is 17.1 Å². The molecule has 0 aliphatic rings. The standard InChI is InChI=1S/C7H4BrFO/c8-7-5(4-10)2-1-3-6(7)9/h1-4H. The summed E-state index contributed by atoms with van der Waals surface area (Å²) in [5.41, 5.74) is 0.333. The molecule has 0 amide bonds. The van der Waals surface area contributed by atoms with E-state index in [2.05, 4.69) is 15.9 Å². The van der Waals surface area contributed by atoms with Gasteiger partial charge in [-0.1, -0.05) is 12.1 Å². The van der Waals surface area contributed by atoms with Crippen molar-refractivity contribution < 1.29 is 9.18 Å². The maximum Gasteiger partial charge on any atom is 0.151 e. The molecule has 0 aliphatic carbocycles. The highest BCUT2D eigenvalue weighted by molar-refractivity contribution is 9.10. The Kier molecular flexibility index (Phi) is 2.17.